The second-order valence-electron chi connectivity index (χ2n) is 8.29. The molecule has 2 N–H and O–H groups in total. The smallest absolute Gasteiger partial charge is 0.319 e. The van der Waals surface area contributed by atoms with Crippen LogP contribution in [0.25, 0.3) is 0 Å². The van der Waals surface area contributed by atoms with Crippen LogP contribution in [0, 0.1) is 0 Å². The predicted molar refractivity (Wildman–Crippen MR) is 121 cm³/mol. The Balaban J connectivity index is 1.40. The number of anilines is 1. The summed E-state index contributed by atoms with van der Waals surface area (Å²) in [5.41, 5.74) is 1.69. The van der Waals surface area contributed by atoms with Crippen LogP contribution in [0.1, 0.15) is 51.0 Å². The summed E-state index contributed by atoms with van der Waals surface area (Å²) < 4.78 is 37.3. The van der Waals surface area contributed by atoms with Gasteiger partial charge in [0.1, 0.15) is 0 Å². The number of carbonyl (C=O) groups excluding carboxylic acids is 1. The lowest BCUT2D eigenvalue weighted by molar-refractivity contribution is -0.0447. The van der Waals surface area contributed by atoms with Crippen molar-refractivity contribution in [2.24, 2.45) is 0 Å². The van der Waals surface area contributed by atoms with E-state index < -0.39 is 10.0 Å². The maximum atomic E-state index is 12.4. The molecule has 1 unspecified atom stereocenters. The van der Waals surface area contributed by atoms with Gasteiger partial charge in [-0.25, -0.2) is 17.5 Å². The summed E-state index contributed by atoms with van der Waals surface area (Å²) in [6.45, 7) is 4.64. The number of sulfonamides is 1. The van der Waals surface area contributed by atoms with Gasteiger partial charge in [-0.3, -0.25) is 0 Å². The van der Waals surface area contributed by atoms with Crippen molar-refractivity contribution in [3.8, 4) is 0 Å². The zero-order chi connectivity index (χ0) is 22.1. The molecule has 1 aromatic carbocycles. The summed E-state index contributed by atoms with van der Waals surface area (Å²) in [6, 6.07) is 7.30. The minimum absolute atomic E-state index is 0.0323. The minimum atomic E-state index is -3.17. The van der Waals surface area contributed by atoms with Crippen LogP contribution in [0.2, 0.25) is 0 Å². The molecule has 0 saturated carbocycles. The number of amides is 2. The SMILES string of the molecule is CCCS(=O)(=O)N1CCC(NC(=O)Nc2cccc(COCC3CCCCO3)c2)CC1. The van der Waals surface area contributed by atoms with E-state index >= 15 is 0 Å². The van der Waals surface area contributed by atoms with Gasteiger partial charge in [0.05, 0.1) is 25.1 Å². The van der Waals surface area contributed by atoms with E-state index in [0.717, 1.165) is 25.0 Å². The highest BCUT2D eigenvalue weighted by Gasteiger charge is 2.28. The van der Waals surface area contributed by atoms with Crippen LogP contribution in [0.15, 0.2) is 24.3 Å². The molecule has 0 radical (unpaired) electrons. The van der Waals surface area contributed by atoms with E-state index in [2.05, 4.69) is 10.6 Å². The van der Waals surface area contributed by atoms with Gasteiger partial charge in [-0.15, -0.1) is 0 Å². The van der Waals surface area contributed by atoms with Crippen molar-refractivity contribution in [1.29, 1.82) is 0 Å². The van der Waals surface area contributed by atoms with Gasteiger partial charge in [-0.1, -0.05) is 19.1 Å². The van der Waals surface area contributed by atoms with Gasteiger partial charge in [0, 0.05) is 31.4 Å². The summed E-state index contributed by atoms with van der Waals surface area (Å²) in [5, 5.41) is 5.83. The van der Waals surface area contributed by atoms with Crippen LogP contribution in [-0.2, 0) is 26.1 Å². The van der Waals surface area contributed by atoms with Gasteiger partial charge in [0.2, 0.25) is 10.0 Å². The molecule has 2 saturated heterocycles. The molecule has 1 atom stereocenters. The highest BCUT2D eigenvalue weighted by molar-refractivity contribution is 7.89. The average Bonchev–Trinajstić information content (AvgIpc) is 2.75. The number of hydrogen-bond donors (Lipinski definition) is 2. The molecule has 2 aliphatic rings. The predicted octanol–water partition coefficient (Wildman–Crippen LogP) is 3.10. The molecule has 8 nitrogen and oxygen atoms in total. The summed E-state index contributed by atoms with van der Waals surface area (Å²) in [5.74, 6) is 0.180. The van der Waals surface area contributed by atoms with Gasteiger partial charge in [-0.05, 0) is 56.2 Å². The fraction of sp³-hybridized carbons (Fsp3) is 0.682. The molecule has 0 spiro atoms. The number of carbonyl (C=O) groups is 1. The van der Waals surface area contributed by atoms with Crippen molar-refractivity contribution in [1.82, 2.24) is 9.62 Å². The molecule has 9 heteroatoms. The molecular formula is C22H35N3O5S. The third kappa shape index (κ3) is 7.75. The molecule has 0 bridgehead atoms. The van der Waals surface area contributed by atoms with Crippen LogP contribution in [0.3, 0.4) is 0 Å². The number of ether oxygens (including phenoxy) is 2. The van der Waals surface area contributed by atoms with E-state index in [-0.39, 0.29) is 23.9 Å². The summed E-state index contributed by atoms with van der Waals surface area (Å²) in [4.78, 5) is 12.4. The van der Waals surface area contributed by atoms with Crippen molar-refractivity contribution < 1.29 is 22.7 Å². The summed E-state index contributed by atoms with van der Waals surface area (Å²) >= 11 is 0. The van der Waals surface area contributed by atoms with E-state index in [0.29, 0.717) is 51.3 Å². The third-order valence-corrected chi connectivity index (χ3v) is 7.75. The molecule has 174 valence electrons. The fourth-order valence-electron chi connectivity index (χ4n) is 4.00. The van der Waals surface area contributed by atoms with Crippen LogP contribution in [0.5, 0.6) is 0 Å². The van der Waals surface area contributed by atoms with Gasteiger partial charge in [0.25, 0.3) is 0 Å². The molecule has 2 aliphatic heterocycles. The monoisotopic (exact) mass is 453 g/mol. The highest BCUT2D eigenvalue weighted by atomic mass is 32.2. The van der Waals surface area contributed by atoms with E-state index in [9.17, 15) is 13.2 Å². The molecule has 3 rings (SSSR count). The molecule has 2 fully saturated rings. The molecule has 2 heterocycles. The maximum Gasteiger partial charge on any atom is 0.319 e. The number of hydrogen-bond acceptors (Lipinski definition) is 5. The number of nitrogens with zero attached hydrogens (tertiary/aromatic N) is 1. The summed E-state index contributed by atoms with van der Waals surface area (Å²) in [7, 11) is -3.17. The zero-order valence-corrected chi connectivity index (χ0v) is 19.2. The largest absolute Gasteiger partial charge is 0.376 e. The van der Waals surface area contributed by atoms with Gasteiger partial charge < -0.3 is 20.1 Å². The Morgan fingerprint density at radius 3 is 2.74 bits per heavy atom. The number of piperidine rings is 1. The Hall–Kier alpha value is -1.68. The lowest BCUT2D eigenvalue weighted by atomic mass is 10.1. The molecular weight excluding hydrogens is 418 g/mol. The Bertz CT molecular complexity index is 803. The number of rotatable bonds is 9. The zero-order valence-electron chi connectivity index (χ0n) is 18.3. The van der Waals surface area contributed by atoms with Crippen LogP contribution in [-0.4, -0.2) is 63.0 Å². The number of urea groups is 1. The van der Waals surface area contributed by atoms with Crippen LogP contribution in [0.4, 0.5) is 10.5 Å². The number of benzene rings is 1. The third-order valence-electron chi connectivity index (χ3n) is 5.68. The molecule has 31 heavy (non-hydrogen) atoms. The van der Waals surface area contributed by atoms with Gasteiger partial charge >= 0.3 is 6.03 Å². The minimum Gasteiger partial charge on any atom is -0.376 e. The fourth-order valence-corrected chi connectivity index (χ4v) is 5.55. The Labute approximate surface area is 185 Å². The molecule has 2 amide bonds. The Morgan fingerprint density at radius 1 is 1.23 bits per heavy atom. The van der Waals surface area contributed by atoms with E-state index in [1.807, 2.05) is 31.2 Å². The van der Waals surface area contributed by atoms with Crippen molar-refractivity contribution in [2.45, 2.75) is 64.2 Å². The Morgan fingerprint density at radius 2 is 2.03 bits per heavy atom. The second kappa shape index (κ2) is 11.8. The van der Waals surface area contributed by atoms with Crippen molar-refractivity contribution in [3.05, 3.63) is 29.8 Å². The molecule has 0 aliphatic carbocycles. The van der Waals surface area contributed by atoms with Crippen LogP contribution < -0.4 is 10.6 Å². The second-order valence-corrected chi connectivity index (χ2v) is 10.4. The average molecular weight is 454 g/mol. The molecule has 0 aromatic heterocycles. The van der Waals surface area contributed by atoms with Crippen LogP contribution >= 0.6 is 0 Å². The molecule has 1 aromatic rings. The highest BCUT2D eigenvalue weighted by Crippen LogP contribution is 2.17. The van der Waals surface area contributed by atoms with Gasteiger partial charge in [0.15, 0.2) is 0 Å². The maximum absolute atomic E-state index is 12.4. The first kappa shape index (κ1) is 24.0. The standard InChI is InChI=1S/C22H35N3O5S/c1-2-14-31(27,28)25-11-9-19(10-12-25)23-22(26)24-20-7-5-6-18(15-20)16-29-17-21-8-3-4-13-30-21/h5-7,15,19,21H,2-4,8-14,16-17H2,1H3,(H2,23,24,26). The summed E-state index contributed by atoms with van der Waals surface area (Å²) in [6.07, 6.45) is 5.40. The lowest BCUT2D eigenvalue weighted by Crippen LogP contribution is -2.47. The van der Waals surface area contributed by atoms with Gasteiger partial charge in [-0.2, -0.15) is 0 Å². The first-order chi connectivity index (χ1) is 15.0. The lowest BCUT2D eigenvalue weighted by Gasteiger charge is -2.31. The van der Waals surface area contributed by atoms with Crippen molar-refractivity contribution in [3.63, 3.8) is 0 Å². The van der Waals surface area contributed by atoms with Crippen molar-refractivity contribution >= 4 is 21.7 Å². The first-order valence-electron chi connectivity index (χ1n) is 11.3. The van der Waals surface area contributed by atoms with Crippen molar-refractivity contribution in [2.75, 3.05) is 37.4 Å². The quantitative estimate of drug-likeness (QED) is 0.599. The Kier molecular flexibility index (Phi) is 9.13. The van der Waals surface area contributed by atoms with E-state index in [1.54, 1.807) is 0 Å². The van der Waals surface area contributed by atoms with E-state index in [4.69, 9.17) is 9.47 Å². The normalized spacial score (nSPS) is 21.0. The number of nitrogens with one attached hydrogen (secondary N) is 2. The van der Waals surface area contributed by atoms with E-state index in [1.165, 1.54) is 10.7 Å². The first-order valence-corrected chi connectivity index (χ1v) is 12.9. The topological polar surface area (TPSA) is 97.0 Å².